The van der Waals surface area contributed by atoms with Crippen LogP contribution in [0, 0.1) is 13.8 Å². The van der Waals surface area contributed by atoms with Crippen molar-refractivity contribution in [2.45, 2.75) is 13.8 Å². The molecule has 2 N–H and O–H groups in total. The van der Waals surface area contributed by atoms with Crippen LogP contribution in [-0.2, 0) is 0 Å². The van der Waals surface area contributed by atoms with Crippen LogP contribution in [0.4, 0.5) is 0 Å². The smallest absolute Gasteiger partial charge is 0.254 e. The van der Waals surface area contributed by atoms with Crippen molar-refractivity contribution in [3.05, 3.63) is 45.6 Å². The molecule has 0 saturated carbocycles. The van der Waals surface area contributed by atoms with Gasteiger partial charge >= 0.3 is 0 Å². The number of halogens is 1. The van der Waals surface area contributed by atoms with E-state index < -0.39 is 5.91 Å². The lowest BCUT2D eigenvalue weighted by Crippen LogP contribution is -2.15. The highest BCUT2D eigenvalue weighted by Crippen LogP contribution is 2.34. The van der Waals surface area contributed by atoms with Crippen LogP contribution in [0.15, 0.2) is 28.7 Å². The van der Waals surface area contributed by atoms with Crippen LogP contribution in [-0.4, -0.2) is 18.0 Å². The Kier molecular flexibility index (Phi) is 4.47. The van der Waals surface area contributed by atoms with Gasteiger partial charge in [-0.15, -0.1) is 0 Å². The average Bonchev–Trinajstić information content (AvgIpc) is 2.39. The number of aromatic nitrogens is 1. The maximum absolute atomic E-state index is 11.6. The van der Waals surface area contributed by atoms with Crippen molar-refractivity contribution in [1.82, 2.24) is 4.98 Å². The van der Waals surface area contributed by atoms with Crippen LogP contribution in [0.3, 0.4) is 0 Å². The minimum absolute atomic E-state index is 0.200. The fourth-order valence-corrected chi connectivity index (χ4v) is 2.41. The molecule has 0 bridgehead atoms. The number of nitrogens with two attached hydrogens (primary N) is 1. The topological polar surface area (TPSA) is 74.4 Å². The second kappa shape index (κ2) is 6.13. The first-order chi connectivity index (χ1) is 9.92. The lowest BCUT2D eigenvalue weighted by atomic mass is 10.1. The summed E-state index contributed by atoms with van der Waals surface area (Å²) in [6.45, 7) is 3.62. The fraction of sp³-hybridized carbons (Fsp3) is 0.200. The second-order valence-corrected chi connectivity index (χ2v) is 5.38. The van der Waals surface area contributed by atoms with Crippen LogP contribution in [0.2, 0.25) is 0 Å². The molecule has 0 spiro atoms. The Morgan fingerprint density at radius 1 is 1.29 bits per heavy atom. The second-order valence-electron chi connectivity index (χ2n) is 4.52. The molecule has 0 saturated heterocycles. The van der Waals surface area contributed by atoms with E-state index in [-0.39, 0.29) is 11.4 Å². The van der Waals surface area contributed by atoms with Gasteiger partial charge in [0.05, 0.1) is 11.6 Å². The summed E-state index contributed by atoms with van der Waals surface area (Å²) in [7, 11) is 1.58. The Morgan fingerprint density at radius 3 is 2.57 bits per heavy atom. The maximum atomic E-state index is 11.6. The quantitative estimate of drug-likeness (QED) is 0.917. The molecule has 110 valence electrons. The van der Waals surface area contributed by atoms with E-state index >= 15 is 0 Å². The summed E-state index contributed by atoms with van der Waals surface area (Å²) in [6.07, 6.45) is 0. The van der Waals surface area contributed by atoms with Crippen molar-refractivity contribution in [2.24, 2.45) is 5.73 Å². The zero-order chi connectivity index (χ0) is 15.6. The van der Waals surface area contributed by atoms with Crippen LogP contribution in [0.5, 0.6) is 17.4 Å². The van der Waals surface area contributed by atoms with Gasteiger partial charge in [0.1, 0.15) is 17.1 Å². The van der Waals surface area contributed by atoms with Crippen molar-refractivity contribution in [3.63, 3.8) is 0 Å². The number of hydrogen-bond acceptors (Lipinski definition) is 4. The van der Waals surface area contributed by atoms with Gasteiger partial charge < -0.3 is 15.2 Å². The lowest BCUT2D eigenvalue weighted by Gasteiger charge is -2.13. The first-order valence-corrected chi connectivity index (χ1v) is 7.01. The third kappa shape index (κ3) is 3.33. The van der Waals surface area contributed by atoms with Crippen molar-refractivity contribution >= 4 is 21.8 Å². The third-order valence-corrected chi connectivity index (χ3v) is 3.52. The first kappa shape index (κ1) is 15.3. The van der Waals surface area contributed by atoms with Crippen LogP contribution < -0.4 is 15.2 Å². The molecule has 2 rings (SSSR count). The predicted molar refractivity (Wildman–Crippen MR) is 83.0 cm³/mol. The number of nitrogens with zero attached hydrogens (tertiary/aromatic N) is 1. The summed E-state index contributed by atoms with van der Waals surface area (Å²) in [5.41, 5.74) is 7.17. The number of primary amides is 1. The van der Waals surface area contributed by atoms with Crippen LogP contribution >= 0.6 is 15.9 Å². The molecular weight excluding hydrogens is 336 g/mol. The number of carbonyl (C=O) groups excluding carboxylic acids is 1. The lowest BCUT2D eigenvalue weighted by molar-refractivity contribution is 0.0997. The number of carbonyl (C=O) groups is 1. The van der Waals surface area contributed by atoms with E-state index in [9.17, 15) is 4.79 Å². The standard InChI is InChI=1S/C15H15BrN2O3/c1-8-6-9(2)18-15(13(8)14(17)19)21-12-5-4-10(20-3)7-11(12)16/h4-7H,1-3H3,(H2,17,19). The highest BCUT2D eigenvalue weighted by molar-refractivity contribution is 9.10. The van der Waals surface area contributed by atoms with Gasteiger partial charge in [-0.25, -0.2) is 4.98 Å². The highest BCUT2D eigenvalue weighted by Gasteiger charge is 2.17. The number of amides is 1. The zero-order valence-electron chi connectivity index (χ0n) is 11.9. The number of hydrogen-bond donors (Lipinski definition) is 1. The van der Waals surface area contributed by atoms with E-state index in [4.69, 9.17) is 15.2 Å². The Bertz CT molecular complexity index is 702. The number of rotatable bonds is 4. The van der Waals surface area contributed by atoms with E-state index in [1.807, 2.05) is 6.92 Å². The predicted octanol–water partition coefficient (Wildman–Crippen LogP) is 3.36. The molecule has 5 nitrogen and oxygen atoms in total. The molecule has 0 radical (unpaired) electrons. The summed E-state index contributed by atoms with van der Waals surface area (Å²) in [4.78, 5) is 15.9. The molecule has 0 aliphatic rings. The number of methoxy groups -OCH3 is 1. The minimum Gasteiger partial charge on any atom is -0.497 e. The van der Waals surface area contributed by atoms with Gasteiger partial charge in [-0.05, 0) is 59.6 Å². The van der Waals surface area contributed by atoms with E-state index in [0.29, 0.717) is 16.0 Å². The van der Waals surface area contributed by atoms with Crippen LogP contribution in [0.1, 0.15) is 21.6 Å². The van der Waals surface area contributed by atoms with Crippen molar-refractivity contribution in [3.8, 4) is 17.4 Å². The number of aryl methyl sites for hydroxylation is 2. The van der Waals surface area contributed by atoms with Crippen molar-refractivity contribution in [1.29, 1.82) is 0 Å². The van der Waals surface area contributed by atoms with Gasteiger partial charge in [0, 0.05) is 5.69 Å². The van der Waals surface area contributed by atoms with Crippen molar-refractivity contribution < 1.29 is 14.3 Å². The molecule has 0 fully saturated rings. The molecule has 0 aliphatic heterocycles. The summed E-state index contributed by atoms with van der Waals surface area (Å²) < 4.78 is 11.6. The summed E-state index contributed by atoms with van der Waals surface area (Å²) in [5, 5.41) is 0. The summed E-state index contributed by atoms with van der Waals surface area (Å²) in [5.74, 6) is 0.846. The molecule has 1 amide bonds. The number of benzene rings is 1. The van der Waals surface area contributed by atoms with Gasteiger partial charge in [0.2, 0.25) is 5.88 Å². The molecule has 1 heterocycles. The zero-order valence-corrected chi connectivity index (χ0v) is 13.5. The van der Waals surface area contributed by atoms with Gasteiger partial charge in [-0.2, -0.15) is 0 Å². The molecule has 1 aromatic heterocycles. The Labute approximate surface area is 131 Å². The Hall–Kier alpha value is -2.08. The Morgan fingerprint density at radius 2 is 2.00 bits per heavy atom. The minimum atomic E-state index is -0.570. The molecule has 6 heteroatoms. The third-order valence-electron chi connectivity index (χ3n) is 2.90. The molecular formula is C15H15BrN2O3. The summed E-state index contributed by atoms with van der Waals surface area (Å²) >= 11 is 3.40. The fourth-order valence-electron chi connectivity index (χ4n) is 1.97. The SMILES string of the molecule is COc1ccc(Oc2nc(C)cc(C)c2C(N)=O)c(Br)c1. The van der Waals surface area contributed by atoms with Gasteiger partial charge in [-0.1, -0.05) is 0 Å². The number of ether oxygens (including phenoxy) is 2. The van der Waals surface area contributed by atoms with Gasteiger partial charge in [0.25, 0.3) is 5.91 Å². The summed E-state index contributed by atoms with van der Waals surface area (Å²) in [6, 6.07) is 7.04. The van der Waals surface area contributed by atoms with E-state index in [2.05, 4.69) is 20.9 Å². The Balaban J connectivity index is 2.46. The molecule has 1 aromatic carbocycles. The largest absolute Gasteiger partial charge is 0.497 e. The maximum Gasteiger partial charge on any atom is 0.254 e. The van der Waals surface area contributed by atoms with E-state index in [1.54, 1.807) is 38.3 Å². The monoisotopic (exact) mass is 350 g/mol. The van der Waals surface area contributed by atoms with E-state index in [1.165, 1.54) is 0 Å². The van der Waals surface area contributed by atoms with Crippen LogP contribution in [0.25, 0.3) is 0 Å². The number of pyridine rings is 1. The molecule has 0 unspecified atom stereocenters. The van der Waals surface area contributed by atoms with Gasteiger partial charge in [0.15, 0.2) is 0 Å². The van der Waals surface area contributed by atoms with E-state index in [0.717, 1.165) is 11.3 Å². The highest BCUT2D eigenvalue weighted by atomic mass is 79.9. The average molecular weight is 351 g/mol. The first-order valence-electron chi connectivity index (χ1n) is 6.21. The normalized spacial score (nSPS) is 10.3. The molecule has 2 aromatic rings. The molecule has 0 atom stereocenters. The molecule has 21 heavy (non-hydrogen) atoms. The molecule has 0 aliphatic carbocycles. The van der Waals surface area contributed by atoms with Crippen molar-refractivity contribution in [2.75, 3.05) is 7.11 Å². The van der Waals surface area contributed by atoms with Gasteiger partial charge in [-0.3, -0.25) is 4.79 Å².